The molecule has 0 radical (unpaired) electrons. The molecule has 2 heterocycles. The van der Waals surface area contributed by atoms with Crippen molar-refractivity contribution >= 4 is 29.1 Å². The summed E-state index contributed by atoms with van der Waals surface area (Å²) in [6, 6.07) is 21.2. The number of amides is 2. The molecule has 2 aliphatic rings. The monoisotopic (exact) mass is 576 g/mol. The lowest BCUT2D eigenvalue weighted by molar-refractivity contribution is -0.0332. The number of morpholine rings is 1. The van der Waals surface area contributed by atoms with Gasteiger partial charge in [-0.25, -0.2) is 0 Å². The number of halogens is 1. The molecule has 216 valence electrons. The second-order valence-corrected chi connectivity index (χ2v) is 11.1. The van der Waals surface area contributed by atoms with E-state index >= 15 is 0 Å². The van der Waals surface area contributed by atoms with Gasteiger partial charge in [0.05, 0.1) is 36.1 Å². The Balaban J connectivity index is 1.07. The maximum atomic E-state index is 13.1. The van der Waals surface area contributed by atoms with E-state index in [0.717, 1.165) is 62.3 Å². The summed E-state index contributed by atoms with van der Waals surface area (Å²) >= 11 is 6.12. The fourth-order valence-corrected chi connectivity index (χ4v) is 5.75. The summed E-state index contributed by atoms with van der Waals surface area (Å²) < 4.78 is 11.2. The smallest absolute Gasteiger partial charge is 0.255 e. The van der Waals surface area contributed by atoms with Gasteiger partial charge in [-0.1, -0.05) is 54.1 Å². The number of benzene rings is 3. The molecule has 2 saturated heterocycles. The van der Waals surface area contributed by atoms with E-state index in [9.17, 15) is 9.59 Å². The Morgan fingerprint density at radius 2 is 1.73 bits per heavy atom. The van der Waals surface area contributed by atoms with E-state index in [0.29, 0.717) is 41.1 Å². The normalized spacial score (nSPS) is 18.2. The van der Waals surface area contributed by atoms with Crippen molar-refractivity contribution in [3.8, 4) is 16.9 Å². The van der Waals surface area contributed by atoms with Gasteiger partial charge in [0.15, 0.2) is 0 Å². The van der Waals surface area contributed by atoms with Crippen molar-refractivity contribution in [2.24, 2.45) is 5.92 Å². The van der Waals surface area contributed by atoms with Crippen LogP contribution in [0.5, 0.6) is 5.75 Å². The summed E-state index contributed by atoms with van der Waals surface area (Å²) in [5.74, 6) is 0.721. The fourth-order valence-electron chi connectivity index (χ4n) is 5.59. The maximum absolute atomic E-state index is 13.1. The van der Waals surface area contributed by atoms with Crippen LogP contribution < -0.4 is 15.8 Å². The van der Waals surface area contributed by atoms with Gasteiger partial charge in [-0.15, -0.1) is 0 Å². The lowest BCUT2D eigenvalue weighted by Crippen LogP contribution is -2.50. The first-order valence-corrected chi connectivity index (χ1v) is 14.5. The Morgan fingerprint density at radius 3 is 2.44 bits per heavy atom. The van der Waals surface area contributed by atoms with Gasteiger partial charge in [-0.3, -0.25) is 14.5 Å². The summed E-state index contributed by atoms with van der Waals surface area (Å²) in [5.41, 5.74) is 9.52. The molecule has 41 heavy (non-hydrogen) atoms. The molecule has 9 heteroatoms. The molecule has 0 saturated carbocycles. The van der Waals surface area contributed by atoms with Crippen LogP contribution in [-0.2, 0) is 4.74 Å². The first kappa shape index (κ1) is 28.9. The van der Waals surface area contributed by atoms with Crippen molar-refractivity contribution in [1.82, 2.24) is 15.1 Å². The zero-order chi connectivity index (χ0) is 28.8. The van der Waals surface area contributed by atoms with Crippen molar-refractivity contribution in [2.75, 3.05) is 58.7 Å². The maximum Gasteiger partial charge on any atom is 0.255 e. The third-order valence-corrected chi connectivity index (χ3v) is 8.26. The van der Waals surface area contributed by atoms with Crippen LogP contribution in [0, 0.1) is 5.92 Å². The molecule has 2 amide bonds. The van der Waals surface area contributed by atoms with Gasteiger partial charge in [0.2, 0.25) is 0 Å². The zero-order valence-electron chi connectivity index (χ0n) is 23.4. The Hall–Kier alpha value is -3.59. The van der Waals surface area contributed by atoms with E-state index in [1.807, 2.05) is 47.4 Å². The van der Waals surface area contributed by atoms with Crippen LogP contribution in [0.3, 0.4) is 0 Å². The first-order chi connectivity index (χ1) is 19.9. The summed E-state index contributed by atoms with van der Waals surface area (Å²) in [5, 5.41) is 3.26. The number of piperidine rings is 1. The number of ether oxygens (including phenoxy) is 2. The Labute approximate surface area is 246 Å². The van der Waals surface area contributed by atoms with Gasteiger partial charge in [0.1, 0.15) is 5.75 Å². The van der Waals surface area contributed by atoms with Gasteiger partial charge in [0, 0.05) is 50.9 Å². The number of hydrogen-bond acceptors (Lipinski definition) is 6. The molecule has 5 rings (SSSR count). The van der Waals surface area contributed by atoms with Crippen LogP contribution in [-0.4, -0.2) is 80.7 Å². The van der Waals surface area contributed by atoms with Gasteiger partial charge in [-0.05, 0) is 48.1 Å². The number of carbonyl (C=O) groups is 2. The number of carbonyl (C=O) groups excluding carboxylic acids is 2. The van der Waals surface area contributed by atoms with Crippen LogP contribution in [0.2, 0.25) is 5.02 Å². The van der Waals surface area contributed by atoms with E-state index < -0.39 is 0 Å². The highest BCUT2D eigenvalue weighted by Gasteiger charge is 2.28. The average molecular weight is 577 g/mol. The summed E-state index contributed by atoms with van der Waals surface area (Å²) in [7, 11) is 1.49. The number of nitrogens with one attached hydrogen (secondary N) is 1. The van der Waals surface area contributed by atoms with E-state index in [1.165, 1.54) is 13.2 Å². The first-order valence-electron chi connectivity index (χ1n) is 14.1. The predicted molar refractivity (Wildman–Crippen MR) is 161 cm³/mol. The molecule has 0 bridgehead atoms. The third-order valence-electron chi connectivity index (χ3n) is 7.93. The molecule has 8 nitrogen and oxygen atoms in total. The number of likely N-dealkylation sites (tertiary alicyclic amines) is 1. The topological polar surface area (TPSA) is 97.1 Å². The fraction of sp³-hybridized carbons (Fsp3) is 0.375. The summed E-state index contributed by atoms with van der Waals surface area (Å²) in [6.07, 6.45) is 1.85. The van der Waals surface area contributed by atoms with Crippen molar-refractivity contribution in [3.05, 3.63) is 82.9 Å². The van der Waals surface area contributed by atoms with E-state index in [1.54, 1.807) is 6.07 Å². The SMILES string of the molecule is COc1cc(N)c(Cl)cc1C(=O)NCC1CN(CC2CCN(C(=O)c3ccc(-c4ccccc4)cc3)CC2)CCO1. The zero-order valence-corrected chi connectivity index (χ0v) is 24.1. The van der Waals surface area contributed by atoms with Crippen molar-refractivity contribution in [1.29, 1.82) is 0 Å². The second-order valence-electron chi connectivity index (χ2n) is 10.7. The minimum Gasteiger partial charge on any atom is -0.496 e. The highest BCUT2D eigenvalue weighted by molar-refractivity contribution is 6.33. The molecule has 1 unspecified atom stereocenters. The van der Waals surface area contributed by atoms with Crippen LogP contribution in [0.25, 0.3) is 11.1 Å². The molecule has 1 atom stereocenters. The highest BCUT2D eigenvalue weighted by Crippen LogP contribution is 2.29. The Bertz CT molecular complexity index is 1340. The van der Waals surface area contributed by atoms with E-state index in [-0.39, 0.29) is 17.9 Å². The molecule has 0 aliphatic carbocycles. The third kappa shape index (κ3) is 7.19. The number of rotatable bonds is 8. The Kier molecular flexibility index (Phi) is 9.44. The largest absolute Gasteiger partial charge is 0.496 e. The molecule has 3 aromatic carbocycles. The molecule has 2 aliphatic heterocycles. The average Bonchev–Trinajstić information content (AvgIpc) is 3.01. The number of methoxy groups -OCH3 is 1. The van der Waals surface area contributed by atoms with Crippen molar-refractivity contribution in [2.45, 2.75) is 18.9 Å². The number of hydrogen-bond donors (Lipinski definition) is 2. The molecule has 3 aromatic rings. The van der Waals surface area contributed by atoms with Crippen LogP contribution in [0.4, 0.5) is 5.69 Å². The van der Waals surface area contributed by atoms with Gasteiger partial charge < -0.3 is 25.4 Å². The second kappa shape index (κ2) is 13.4. The van der Waals surface area contributed by atoms with E-state index in [2.05, 4.69) is 22.3 Å². The minimum absolute atomic E-state index is 0.101. The summed E-state index contributed by atoms with van der Waals surface area (Å²) in [6.45, 7) is 5.10. The lowest BCUT2D eigenvalue weighted by atomic mass is 9.95. The molecule has 0 aromatic heterocycles. The van der Waals surface area contributed by atoms with Crippen LogP contribution >= 0.6 is 11.6 Å². The van der Waals surface area contributed by atoms with Crippen LogP contribution in [0.15, 0.2) is 66.7 Å². The van der Waals surface area contributed by atoms with Crippen molar-refractivity contribution < 1.29 is 19.1 Å². The molecule has 0 spiro atoms. The molecular weight excluding hydrogens is 540 g/mol. The minimum atomic E-state index is -0.281. The molecule has 3 N–H and O–H groups in total. The lowest BCUT2D eigenvalue weighted by Gasteiger charge is -2.38. The van der Waals surface area contributed by atoms with Gasteiger partial charge >= 0.3 is 0 Å². The predicted octanol–water partition coefficient (Wildman–Crippen LogP) is 4.58. The molecular formula is C32H37ClN4O4. The van der Waals surface area contributed by atoms with E-state index in [4.69, 9.17) is 26.8 Å². The molecule has 2 fully saturated rings. The highest BCUT2D eigenvalue weighted by atomic mass is 35.5. The quantitative estimate of drug-likeness (QED) is 0.381. The number of anilines is 1. The van der Waals surface area contributed by atoms with Crippen molar-refractivity contribution in [3.63, 3.8) is 0 Å². The Morgan fingerprint density at radius 1 is 1.02 bits per heavy atom. The summed E-state index contributed by atoms with van der Waals surface area (Å²) in [4.78, 5) is 30.3. The van der Waals surface area contributed by atoms with Crippen LogP contribution in [0.1, 0.15) is 33.6 Å². The number of nitrogens with two attached hydrogens (primary N) is 1. The standard InChI is InChI=1S/C32H37ClN4O4/c1-40-30-18-29(34)28(33)17-27(30)31(38)35-19-26-21-36(15-16-41-26)20-22-11-13-37(14-12-22)32(39)25-9-7-24(8-10-25)23-5-3-2-4-6-23/h2-10,17-18,22,26H,11-16,19-21,34H2,1H3,(H,35,38). The van der Waals surface area contributed by atoms with Gasteiger partial charge in [0.25, 0.3) is 11.8 Å². The number of nitrogens with zero attached hydrogens (tertiary/aromatic N) is 2. The van der Waals surface area contributed by atoms with Gasteiger partial charge in [-0.2, -0.15) is 0 Å². The number of nitrogen functional groups attached to an aromatic ring is 1.